The molecule has 1 saturated heterocycles. The molecule has 2 saturated carbocycles. The van der Waals surface area contributed by atoms with Crippen LogP contribution in [-0.2, 0) is 10.0 Å². The SMILES string of the molecule is CNc1ccc(C(=O)NC2[C@@H](C)[C@@H]3CC[C@]2(C)C3)cc1S(=O)(=O)N1CCC(O)CC1. The van der Waals surface area contributed by atoms with Gasteiger partial charge in [-0.25, -0.2) is 8.42 Å². The van der Waals surface area contributed by atoms with Gasteiger partial charge in [-0.3, -0.25) is 4.79 Å². The first-order chi connectivity index (χ1) is 14.2. The Bertz CT molecular complexity index is 926. The Morgan fingerprint density at radius 1 is 1.23 bits per heavy atom. The molecular weight excluding hydrogens is 402 g/mol. The van der Waals surface area contributed by atoms with E-state index in [-0.39, 0.29) is 35.3 Å². The maximum Gasteiger partial charge on any atom is 0.251 e. The zero-order valence-corrected chi connectivity index (χ0v) is 18.8. The lowest BCUT2D eigenvalue weighted by Gasteiger charge is -2.36. The van der Waals surface area contributed by atoms with Gasteiger partial charge in [-0.1, -0.05) is 13.8 Å². The smallest absolute Gasteiger partial charge is 0.251 e. The zero-order valence-electron chi connectivity index (χ0n) is 18.0. The molecule has 1 aromatic rings. The number of nitrogens with zero attached hydrogens (tertiary/aromatic N) is 1. The summed E-state index contributed by atoms with van der Waals surface area (Å²) in [6.45, 7) is 5.03. The molecule has 3 aliphatic rings. The Balaban J connectivity index is 1.59. The van der Waals surface area contributed by atoms with E-state index in [1.165, 1.54) is 16.8 Å². The van der Waals surface area contributed by atoms with Gasteiger partial charge in [-0.15, -0.1) is 0 Å². The molecule has 3 fully saturated rings. The number of hydrogen-bond donors (Lipinski definition) is 3. The van der Waals surface area contributed by atoms with Gasteiger partial charge in [0.05, 0.1) is 11.8 Å². The van der Waals surface area contributed by atoms with Crippen molar-refractivity contribution in [3.8, 4) is 0 Å². The first-order valence-electron chi connectivity index (χ1n) is 11.0. The van der Waals surface area contributed by atoms with Gasteiger partial charge in [0.15, 0.2) is 0 Å². The van der Waals surface area contributed by atoms with E-state index in [2.05, 4.69) is 24.5 Å². The van der Waals surface area contributed by atoms with Gasteiger partial charge in [-0.05, 0) is 67.6 Å². The van der Waals surface area contributed by atoms with E-state index in [0.29, 0.717) is 35.9 Å². The molecule has 1 aliphatic heterocycles. The molecule has 166 valence electrons. The summed E-state index contributed by atoms with van der Waals surface area (Å²) in [4.78, 5) is 13.2. The lowest BCUT2D eigenvalue weighted by molar-refractivity contribution is 0.0864. The van der Waals surface area contributed by atoms with Crippen LogP contribution in [0.15, 0.2) is 23.1 Å². The number of aliphatic hydroxyl groups excluding tert-OH is 1. The van der Waals surface area contributed by atoms with Crippen LogP contribution in [-0.4, -0.2) is 56.0 Å². The van der Waals surface area contributed by atoms with Crippen LogP contribution in [0.1, 0.15) is 56.3 Å². The van der Waals surface area contributed by atoms with Crippen molar-refractivity contribution in [3.05, 3.63) is 23.8 Å². The normalized spacial score (nSPS) is 32.3. The minimum absolute atomic E-state index is 0.112. The Morgan fingerprint density at radius 2 is 1.93 bits per heavy atom. The second kappa shape index (κ2) is 7.80. The van der Waals surface area contributed by atoms with Crippen LogP contribution < -0.4 is 10.6 Å². The highest BCUT2D eigenvalue weighted by Crippen LogP contribution is 2.56. The van der Waals surface area contributed by atoms with Crippen LogP contribution in [0.5, 0.6) is 0 Å². The number of carbonyl (C=O) groups is 1. The molecule has 1 unspecified atom stereocenters. The fraction of sp³-hybridized carbons (Fsp3) is 0.682. The molecule has 4 atom stereocenters. The fourth-order valence-corrected chi connectivity index (χ4v) is 7.49. The van der Waals surface area contributed by atoms with E-state index in [9.17, 15) is 18.3 Å². The van der Waals surface area contributed by atoms with Crippen LogP contribution in [0, 0.1) is 17.3 Å². The number of nitrogens with one attached hydrogen (secondary N) is 2. The highest BCUT2D eigenvalue weighted by Gasteiger charge is 2.53. The van der Waals surface area contributed by atoms with Crippen LogP contribution >= 0.6 is 0 Å². The lowest BCUT2D eigenvalue weighted by Crippen LogP contribution is -2.47. The van der Waals surface area contributed by atoms with E-state index < -0.39 is 16.1 Å². The monoisotopic (exact) mass is 435 g/mol. The van der Waals surface area contributed by atoms with Gasteiger partial charge in [-0.2, -0.15) is 4.31 Å². The number of sulfonamides is 1. The van der Waals surface area contributed by atoms with Crippen molar-refractivity contribution in [2.75, 3.05) is 25.5 Å². The first-order valence-corrected chi connectivity index (χ1v) is 12.4. The quantitative estimate of drug-likeness (QED) is 0.660. The van der Waals surface area contributed by atoms with E-state index in [1.54, 1.807) is 19.2 Å². The summed E-state index contributed by atoms with van der Waals surface area (Å²) in [5.74, 6) is 0.887. The molecule has 0 aromatic heterocycles. The Hall–Kier alpha value is -1.64. The van der Waals surface area contributed by atoms with Crippen molar-refractivity contribution < 1.29 is 18.3 Å². The number of fused-ring (bicyclic) bond motifs is 2. The average molecular weight is 436 g/mol. The summed E-state index contributed by atoms with van der Waals surface area (Å²) in [5.41, 5.74) is 0.968. The standard InChI is InChI=1S/C22H33N3O4S/c1-14-16-6-9-22(2,13-16)20(14)24-21(27)15-4-5-18(23-3)19(12-15)30(28,29)25-10-7-17(26)8-11-25/h4-5,12,14,16-17,20,23,26H,6-11,13H2,1-3H3,(H,24,27)/t14-,16+,20?,22+/m0/s1. The maximum absolute atomic E-state index is 13.3. The van der Waals surface area contributed by atoms with E-state index in [0.717, 1.165) is 12.8 Å². The molecule has 1 aromatic carbocycles. The number of benzene rings is 1. The number of aliphatic hydroxyl groups is 1. The van der Waals surface area contributed by atoms with Crippen molar-refractivity contribution in [3.63, 3.8) is 0 Å². The third kappa shape index (κ3) is 3.63. The van der Waals surface area contributed by atoms with Crippen LogP contribution in [0.2, 0.25) is 0 Å². The van der Waals surface area contributed by atoms with Crippen LogP contribution in [0.4, 0.5) is 5.69 Å². The van der Waals surface area contributed by atoms with Gasteiger partial charge < -0.3 is 15.7 Å². The second-order valence-electron chi connectivity index (χ2n) is 9.56. The predicted molar refractivity (Wildman–Crippen MR) is 116 cm³/mol. The van der Waals surface area contributed by atoms with Crippen molar-refractivity contribution in [2.45, 2.75) is 63.0 Å². The molecular formula is C22H33N3O4S. The van der Waals surface area contributed by atoms with Crippen molar-refractivity contribution in [1.29, 1.82) is 0 Å². The third-order valence-corrected chi connectivity index (χ3v) is 9.61. The number of piperidine rings is 1. The molecule has 8 heteroatoms. The van der Waals surface area contributed by atoms with E-state index in [1.807, 2.05) is 0 Å². The van der Waals surface area contributed by atoms with Gasteiger partial charge in [0.1, 0.15) is 4.90 Å². The molecule has 1 amide bonds. The minimum atomic E-state index is -3.76. The Labute approximate surface area is 179 Å². The van der Waals surface area contributed by atoms with Gasteiger partial charge in [0, 0.05) is 31.7 Å². The summed E-state index contributed by atoms with van der Waals surface area (Å²) in [6.07, 6.45) is 3.90. The van der Waals surface area contributed by atoms with Crippen LogP contribution in [0.3, 0.4) is 0 Å². The Morgan fingerprint density at radius 3 is 2.53 bits per heavy atom. The first kappa shape index (κ1) is 21.6. The van der Waals surface area contributed by atoms with Crippen LogP contribution in [0.25, 0.3) is 0 Å². The summed E-state index contributed by atoms with van der Waals surface area (Å²) >= 11 is 0. The Kier molecular flexibility index (Phi) is 5.61. The molecule has 2 bridgehead atoms. The van der Waals surface area contributed by atoms with Crippen molar-refractivity contribution in [2.24, 2.45) is 17.3 Å². The molecule has 0 spiro atoms. The number of hydrogen-bond acceptors (Lipinski definition) is 5. The van der Waals surface area contributed by atoms with Gasteiger partial charge in [0.2, 0.25) is 10.0 Å². The van der Waals surface area contributed by atoms with E-state index >= 15 is 0 Å². The molecule has 2 aliphatic carbocycles. The minimum Gasteiger partial charge on any atom is -0.393 e. The highest BCUT2D eigenvalue weighted by molar-refractivity contribution is 7.89. The topological polar surface area (TPSA) is 98.7 Å². The molecule has 1 heterocycles. The fourth-order valence-electron chi connectivity index (χ4n) is 5.79. The zero-order chi connectivity index (χ0) is 21.7. The predicted octanol–water partition coefficient (Wildman–Crippen LogP) is 2.43. The maximum atomic E-state index is 13.3. The molecule has 7 nitrogen and oxygen atoms in total. The lowest BCUT2D eigenvalue weighted by atomic mass is 9.77. The molecule has 0 radical (unpaired) electrons. The van der Waals surface area contributed by atoms with Crippen molar-refractivity contribution >= 4 is 21.6 Å². The average Bonchev–Trinajstić information content (AvgIpc) is 3.23. The number of carbonyl (C=O) groups excluding carboxylic acids is 1. The van der Waals surface area contributed by atoms with Gasteiger partial charge >= 0.3 is 0 Å². The summed E-state index contributed by atoms with van der Waals surface area (Å²) in [6, 6.07) is 4.95. The number of rotatable bonds is 5. The second-order valence-corrected chi connectivity index (χ2v) is 11.5. The highest BCUT2D eigenvalue weighted by atomic mass is 32.2. The number of anilines is 1. The summed E-state index contributed by atoms with van der Waals surface area (Å²) < 4.78 is 27.9. The summed E-state index contributed by atoms with van der Waals surface area (Å²) in [5, 5.41) is 15.9. The van der Waals surface area contributed by atoms with Crippen molar-refractivity contribution in [1.82, 2.24) is 9.62 Å². The summed E-state index contributed by atoms with van der Waals surface area (Å²) in [7, 11) is -2.09. The number of amides is 1. The van der Waals surface area contributed by atoms with E-state index in [4.69, 9.17) is 0 Å². The molecule has 4 rings (SSSR count). The molecule has 30 heavy (non-hydrogen) atoms. The molecule has 3 N–H and O–H groups in total. The largest absolute Gasteiger partial charge is 0.393 e. The van der Waals surface area contributed by atoms with Gasteiger partial charge in [0.25, 0.3) is 5.91 Å². The third-order valence-electron chi connectivity index (χ3n) is 7.68.